The van der Waals surface area contributed by atoms with Crippen molar-refractivity contribution in [1.82, 2.24) is 5.32 Å². The highest BCUT2D eigenvalue weighted by Crippen LogP contribution is 2.16. The summed E-state index contributed by atoms with van der Waals surface area (Å²) in [7, 11) is 0. The third kappa shape index (κ3) is 4.05. The first-order valence-corrected chi connectivity index (χ1v) is 7.10. The number of aliphatic carboxylic acids is 1. The lowest BCUT2D eigenvalue weighted by atomic mass is 10.0. The molecular weight excluding hydrogens is 266 g/mol. The van der Waals surface area contributed by atoms with Crippen molar-refractivity contribution >= 4 is 22.6 Å². The van der Waals surface area contributed by atoms with E-state index in [1.165, 1.54) is 0 Å². The Morgan fingerprint density at radius 2 is 1.86 bits per heavy atom. The molecule has 0 saturated carbocycles. The highest BCUT2D eigenvalue weighted by molar-refractivity contribution is 5.87. The smallest absolute Gasteiger partial charge is 0.326 e. The number of hydrogen-bond acceptors (Lipinski definition) is 2. The van der Waals surface area contributed by atoms with Crippen molar-refractivity contribution in [3.63, 3.8) is 0 Å². The summed E-state index contributed by atoms with van der Waals surface area (Å²) < 4.78 is 0. The molecule has 2 aromatic carbocycles. The van der Waals surface area contributed by atoms with E-state index in [4.69, 9.17) is 5.11 Å². The van der Waals surface area contributed by atoms with Crippen molar-refractivity contribution in [3.8, 4) is 0 Å². The van der Waals surface area contributed by atoms with Crippen molar-refractivity contribution in [2.24, 2.45) is 0 Å². The number of carboxylic acid groups (broad SMARTS) is 1. The van der Waals surface area contributed by atoms with E-state index in [0.717, 1.165) is 16.3 Å². The molecule has 0 fully saturated rings. The number of nitrogens with one attached hydrogen (secondary N) is 1. The van der Waals surface area contributed by atoms with Gasteiger partial charge in [-0.05, 0) is 22.8 Å². The number of amides is 1. The van der Waals surface area contributed by atoms with E-state index in [0.29, 0.717) is 12.8 Å². The Bertz CT molecular complexity index is 651. The van der Waals surface area contributed by atoms with Crippen LogP contribution >= 0.6 is 0 Å². The van der Waals surface area contributed by atoms with Crippen molar-refractivity contribution in [2.75, 3.05) is 0 Å². The van der Waals surface area contributed by atoms with Crippen LogP contribution in [0.4, 0.5) is 0 Å². The number of carbonyl (C=O) groups is 2. The minimum atomic E-state index is -0.983. The molecule has 0 bridgehead atoms. The van der Waals surface area contributed by atoms with Gasteiger partial charge in [0.2, 0.25) is 5.91 Å². The Morgan fingerprint density at radius 1 is 1.14 bits per heavy atom. The molecule has 0 aliphatic rings. The summed E-state index contributed by atoms with van der Waals surface area (Å²) in [6.07, 6.45) is 1.35. The Labute approximate surface area is 123 Å². The maximum absolute atomic E-state index is 12.0. The molecule has 4 nitrogen and oxygen atoms in total. The van der Waals surface area contributed by atoms with Crippen LogP contribution in [-0.4, -0.2) is 23.0 Å². The summed E-state index contributed by atoms with van der Waals surface area (Å²) in [6.45, 7) is 1.89. The Morgan fingerprint density at radius 3 is 2.52 bits per heavy atom. The van der Waals surface area contributed by atoms with Crippen LogP contribution in [-0.2, 0) is 16.0 Å². The molecule has 0 unspecified atom stereocenters. The molecular formula is C17H19NO3. The minimum absolute atomic E-state index is 0.193. The molecule has 4 heteroatoms. The zero-order chi connectivity index (χ0) is 15.2. The van der Waals surface area contributed by atoms with Gasteiger partial charge in [-0.25, -0.2) is 4.79 Å². The molecule has 0 saturated heterocycles. The summed E-state index contributed by atoms with van der Waals surface area (Å²) >= 11 is 0. The van der Waals surface area contributed by atoms with Crippen molar-refractivity contribution < 1.29 is 14.7 Å². The average molecular weight is 285 g/mol. The van der Waals surface area contributed by atoms with E-state index in [-0.39, 0.29) is 12.3 Å². The van der Waals surface area contributed by atoms with Crippen molar-refractivity contribution in [1.29, 1.82) is 0 Å². The molecule has 1 amide bonds. The van der Waals surface area contributed by atoms with Crippen LogP contribution in [0.2, 0.25) is 0 Å². The number of fused-ring (bicyclic) bond motifs is 1. The quantitative estimate of drug-likeness (QED) is 0.857. The fraction of sp³-hybridized carbons (Fsp3) is 0.294. The van der Waals surface area contributed by atoms with Gasteiger partial charge in [-0.2, -0.15) is 0 Å². The summed E-state index contributed by atoms with van der Waals surface area (Å²) in [5.74, 6) is -1.24. The topological polar surface area (TPSA) is 66.4 Å². The highest BCUT2D eigenvalue weighted by Gasteiger charge is 2.18. The zero-order valence-electron chi connectivity index (χ0n) is 12.0. The fourth-order valence-corrected chi connectivity index (χ4v) is 2.33. The Hall–Kier alpha value is -2.36. The van der Waals surface area contributed by atoms with Crippen molar-refractivity contribution in [2.45, 2.75) is 32.2 Å². The molecule has 0 aliphatic carbocycles. The van der Waals surface area contributed by atoms with Crippen molar-refractivity contribution in [3.05, 3.63) is 48.0 Å². The number of benzene rings is 2. The summed E-state index contributed by atoms with van der Waals surface area (Å²) in [5, 5.41) is 13.8. The molecule has 2 aromatic rings. The van der Waals surface area contributed by atoms with Crippen LogP contribution in [0.25, 0.3) is 10.8 Å². The van der Waals surface area contributed by atoms with Crippen LogP contribution in [0.5, 0.6) is 0 Å². The van der Waals surface area contributed by atoms with Gasteiger partial charge >= 0.3 is 5.97 Å². The van der Waals surface area contributed by atoms with Crippen LogP contribution in [0.15, 0.2) is 42.5 Å². The van der Waals surface area contributed by atoms with Gasteiger partial charge in [-0.15, -0.1) is 0 Å². The second-order valence-electron chi connectivity index (χ2n) is 5.11. The monoisotopic (exact) mass is 285 g/mol. The first-order valence-electron chi connectivity index (χ1n) is 7.10. The number of carboxylic acids is 1. The number of hydrogen-bond donors (Lipinski definition) is 2. The predicted octanol–water partition coefficient (Wildman–Crippen LogP) is 2.75. The summed E-state index contributed by atoms with van der Waals surface area (Å²) in [6, 6.07) is 13.0. The second kappa shape index (κ2) is 6.88. The van der Waals surface area contributed by atoms with Gasteiger partial charge in [-0.3, -0.25) is 4.79 Å². The van der Waals surface area contributed by atoms with E-state index >= 15 is 0 Å². The lowest BCUT2D eigenvalue weighted by molar-refractivity contribution is -0.141. The molecule has 0 aliphatic heterocycles. The highest BCUT2D eigenvalue weighted by atomic mass is 16.4. The van der Waals surface area contributed by atoms with E-state index in [2.05, 4.69) is 5.32 Å². The normalized spacial score (nSPS) is 12.0. The zero-order valence-corrected chi connectivity index (χ0v) is 12.0. The number of rotatable bonds is 6. The molecule has 0 radical (unpaired) electrons. The largest absolute Gasteiger partial charge is 0.480 e. The van der Waals surface area contributed by atoms with E-state index in [1.807, 2.05) is 49.4 Å². The Balaban J connectivity index is 2.05. The molecule has 21 heavy (non-hydrogen) atoms. The van der Waals surface area contributed by atoms with Gasteiger partial charge in [0.1, 0.15) is 6.04 Å². The lowest BCUT2D eigenvalue weighted by Crippen LogP contribution is -2.41. The number of carbonyl (C=O) groups excluding carboxylic acids is 1. The molecule has 0 heterocycles. The lowest BCUT2D eigenvalue weighted by Gasteiger charge is -2.13. The van der Waals surface area contributed by atoms with E-state index in [9.17, 15) is 9.59 Å². The van der Waals surface area contributed by atoms with Gasteiger partial charge in [-0.1, -0.05) is 55.8 Å². The molecule has 1 atom stereocenters. The maximum Gasteiger partial charge on any atom is 0.326 e. The predicted molar refractivity (Wildman–Crippen MR) is 82.1 cm³/mol. The minimum Gasteiger partial charge on any atom is -0.480 e. The van der Waals surface area contributed by atoms with Crippen LogP contribution < -0.4 is 5.32 Å². The standard InChI is InChI=1S/C17H19NO3/c1-2-5-15(17(20)21)18-16(19)11-12-8-9-13-6-3-4-7-14(13)10-12/h3-4,6-10,15H,2,5,11H2,1H3,(H,18,19)(H,20,21)/t15-/m1/s1. The van der Waals surface area contributed by atoms with Gasteiger partial charge < -0.3 is 10.4 Å². The van der Waals surface area contributed by atoms with Gasteiger partial charge in [0.05, 0.1) is 6.42 Å². The third-order valence-electron chi connectivity index (χ3n) is 3.39. The third-order valence-corrected chi connectivity index (χ3v) is 3.39. The first kappa shape index (κ1) is 15.0. The molecule has 0 spiro atoms. The van der Waals surface area contributed by atoms with Gasteiger partial charge in [0, 0.05) is 0 Å². The van der Waals surface area contributed by atoms with Crippen LogP contribution in [0.3, 0.4) is 0 Å². The molecule has 2 N–H and O–H groups in total. The SMILES string of the molecule is CCC[C@@H](NC(=O)Cc1ccc2ccccc2c1)C(=O)O. The van der Waals surface area contributed by atoms with Crippen LogP contribution in [0.1, 0.15) is 25.3 Å². The van der Waals surface area contributed by atoms with E-state index < -0.39 is 12.0 Å². The van der Waals surface area contributed by atoms with Crippen LogP contribution in [0, 0.1) is 0 Å². The summed E-state index contributed by atoms with van der Waals surface area (Å²) in [4.78, 5) is 23.0. The van der Waals surface area contributed by atoms with Gasteiger partial charge in [0.15, 0.2) is 0 Å². The fourth-order valence-electron chi connectivity index (χ4n) is 2.33. The molecule has 0 aromatic heterocycles. The average Bonchev–Trinajstić information content (AvgIpc) is 2.46. The first-order chi connectivity index (χ1) is 10.1. The summed E-state index contributed by atoms with van der Waals surface area (Å²) in [5.41, 5.74) is 0.881. The second-order valence-corrected chi connectivity index (χ2v) is 5.11. The van der Waals surface area contributed by atoms with Gasteiger partial charge in [0.25, 0.3) is 0 Å². The molecule has 110 valence electrons. The molecule has 2 rings (SSSR count). The van der Waals surface area contributed by atoms with E-state index in [1.54, 1.807) is 0 Å². The Kier molecular flexibility index (Phi) is 4.93. The maximum atomic E-state index is 12.0.